The van der Waals surface area contributed by atoms with Crippen LogP contribution in [0.15, 0.2) is 24.3 Å². The molecule has 5 nitrogen and oxygen atoms in total. The van der Waals surface area contributed by atoms with Crippen LogP contribution in [0.5, 0.6) is 5.75 Å². The average Bonchev–Trinajstić information content (AvgIpc) is 2.94. The largest absolute Gasteiger partial charge is 0.497 e. The Balaban J connectivity index is 1.91. The van der Waals surface area contributed by atoms with Crippen LogP contribution in [0.2, 0.25) is 0 Å². The number of hydrogen-bond acceptors (Lipinski definition) is 4. The Morgan fingerprint density at radius 1 is 1.37 bits per heavy atom. The molecule has 0 spiro atoms. The monoisotopic (exact) mass is 263 g/mol. The zero-order valence-corrected chi connectivity index (χ0v) is 11.4. The number of nitrogens with one attached hydrogen (secondary N) is 3. The van der Waals surface area contributed by atoms with Crippen LogP contribution in [0.3, 0.4) is 0 Å². The van der Waals surface area contributed by atoms with Gasteiger partial charge in [0.15, 0.2) is 0 Å². The van der Waals surface area contributed by atoms with Crippen LogP contribution in [-0.2, 0) is 4.79 Å². The molecule has 1 aromatic rings. The molecule has 1 heterocycles. The van der Waals surface area contributed by atoms with E-state index in [1.165, 1.54) is 0 Å². The van der Waals surface area contributed by atoms with Crippen LogP contribution in [0.25, 0.3) is 0 Å². The maximum Gasteiger partial charge on any atom is 0.238 e. The van der Waals surface area contributed by atoms with Crippen molar-refractivity contribution in [2.45, 2.75) is 31.8 Å². The van der Waals surface area contributed by atoms with Crippen molar-refractivity contribution in [2.75, 3.05) is 13.7 Å². The van der Waals surface area contributed by atoms with E-state index < -0.39 is 0 Å². The smallest absolute Gasteiger partial charge is 0.238 e. The molecule has 0 radical (unpaired) electrons. The van der Waals surface area contributed by atoms with Crippen molar-refractivity contribution < 1.29 is 9.53 Å². The third-order valence-corrected chi connectivity index (χ3v) is 3.29. The first-order valence-electron chi connectivity index (χ1n) is 6.67. The molecule has 104 valence electrons. The highest BCUT2D eigenvalue weighted by atomic mass is 16.5. The van der Waals surface area contributed by atoms with E-state index in [4.69, 9.17) is 4.74 Å². The summed E-state index contributed by atoms with van der Waals surface area (Å²) in [6, 6.07) is 7.89. The van der Waals surface area contributed by atoms with E-state index in [1.807, 2.05) is 31.2 Å². The molecule has 0 aromatic heterocycles. The van der Waals surface area contributed by atoms with Crippen molar-refractivity contribution >= 4 is 5.91 Å². The lowest BCUT2D eigenvalue weighted by atomic mass is 10.0. The fraction of sp³-hybridized carbons (Fsp3) is 0.500. The number of benzene rings is 1. The van der Waals surface area contributed by atoms with Crippen molar-refractivity contribution in [3.63, 3.8) is 0 Å². The van der Waals surface area contributed by atoms with E-state index in [0.29, 0.717) is 0 Å². The van der Waals surface area contributed by atoms with Crippen LogP contribution >= 0.6 is 0 Å². The molecule has 0 bridgehead atoms. The van der Waals surface area contributed by atoms with Crippen molar-refractivity contribution in [1.29, 1.82) is 0 Å². The van der Waals surface area contributed by atoms with Crippen LogP contribution in [-0.4, -0.2) is 25.6 Å². The molecule has 1 aliphatic heterocycles. The van der Waals surface area contributed by atoms with Crippen molar-refractivity contribution in [3.05, 3.63) is 29.8 Å². The zero-order valence-electron chi connectivity index (χ0n) is 11.4. The number of rotatable bonds is 5. The molecule has 2 rings (SSSR count). The summed E-state index contributed by atoms with van der Waals surface area (Å²) in [5.41, 5.74) is 7.37. The SMILES string of the molecule is CCCNC(=O)C1CC(c2ccc(OC)cc2)NN1. The molecule has 1 aliphatic rings. The number of hydrogen-bond donors (Lipinski definition) is 3. The fourth-order valence-electron chi connectivity index (χ4n) is 2.15. The molecule has 3 N–H and O–H groups in total. The summed E-state index contributed by atoms with van der Waals surface area (Å²) in [7, 11) is 1.65. The highest BCUT2D eigenvalue weighted by Crippen LogP contribution is 2.24. The molecule has 1 fully saturated rings. The van der Waals surface area contributed by atoms with E-state index in [9.17, 15) is 4.79 Å². The minimum absolute atomic E-state index is 0.0605. The molecule has 0 saturated carbocycles. The maximum atomic E-state index is 11.8. The first-order valence-corrected chi connectivity index (χ1v) is 6.67. The van der Waals surface area contributed by atoms with Gasteiger partial charge in [0.05, 0.1) is 7.11 Å². The third kappa shape index (κ3) is 3.45. The van der Waals surface area contributed by atoms with Gasteiger partial charge in [-0.3, -0.25) is 4.79 Å². The van der Waals surface area contributed by atoms with Gasteiger partial charge >= 0.3 is 0 Å². The Labute approximate surface area is 113 Å². The Hall–Kier alpha value is -1.59. The molecule has 2 atom stereocenters. The third-order valence-electron chi connectivity index (χ3n) is 3.29. The van der Waals surface area contributed by atoms with Gasteiger partial charge in [0.25, 0.3) is 0 Å². The summed E-state index contributed by atoms with van der Waals surface area (Å²) in [6.07, 6.45) is 1.70. The summed E-state index contributed by atoms with van der Waals surface area (Å²) in [5.74, 6) is 0.900. The van der Waals surface area contributed by atoms with Gasteiger partial charge in [-0.25, -0.2) is 10.9 Å². The highest BCUT2D eigenvalue weighted by molar-refractivity contribution is 5.82. The molecular formula is C14H21N3O2. The van der Waals surface area contributed by atoms with Gasteiger partial charge in [0.2, 0.25) is 5.91 Å². The number of ether oxygens (including phenoxy) is 1. The van der Waals surface area contributed by atoms with Crippen molar-refractivity contribution in [3.8, 4) is 5.75 Å². The van der Waals surface area contributed by atoms with E-state index >= 15 is 0 Å². The predicted molar refractivity (Wildman–Crippen MR) is 73.7 cm³/mol. The number of hydrazine groups is 1. The highest BCUT2D eigenvalue weighted by Gasteiger charge is 2.29. The number of carbonyl (C=O) groups excluding carboxylic acids is 1. The van der Waals surface area contributed by atoms with E-state index in [2.05, 4.69) is 16.2 Å². The second kappa shape index (κ2) is 6.54. The average molecular weight is 263 g/mol. The van der Waals surface area contributed by atoms with E-state index in [0.717, 1.165) is 30.7 Å². The summed E-state index contributed by atoms with van der Waals surface area (Å²) in [6.45, 7) is 2.77. The molecule has 1 saturated heterocycles. The zero-order chi connectivity index (χ0) is 13.7. The Kier molecular flexibility index (Phi) is 4.76. The molecule has 1 amide bonds. The van der Waals surface area contributed by atoms with Gasteiger partial charge in [-0.1, -0.05) is 19.1 Å². The quantitative estimate of drug-likeness (QED) is 0.745. The van der Waals surface area contributed by atoms with Gasteiger partial charge in [-0.15, -0.1) is 0 Å². The van der Waals surface area contributed by atoms with E-state index in [1.54, 1.807) is 7.11 Å². The molecular weight excluding hydrogens is 242 g/mol. The summed E-state index contributed by atoms with van der Waals surface area (Å²) >= 11 is 0. The van der Waals surface area contributed by atoms with Crippen LogP contribution in [0.1, 0.15) is 31.4 Å². The summed E-state index contributed by atoms with van der Waals surface area (Å²) in [5, 5.41) is 2.90. The topological polar surface area (TPSA) is 62.4 Å². The van der Waals surface area contributed by atoms with Gasteiger partial charge in [-0.2, -0.15) is 0 Å². The van der Waals surface area contributed by atoms with Crippen LogP contribution < -0.4 is 20.9 Å². The van der Waals surface area contributed by atoms with Crippen molar-refractivity contribution in [1.82, 2.24) is 16.2 Å². The minimum atomic E-state index is -0.168. The van der Waals surface area contributed by atoms with E-state index in [-0.39, 0.29) is 18.0 Å². The van der Waals surface area contributed by atoms with Gasteiger partial charge in [-0.05, 0) is 30.5 Å². The Morgan fingerprint density at radius 3 is 2.74 bits per heavy atom. The molecule has 19 heavy (non-hydrogen) atoms. The number of carbonyl (C=O) groups is 1. The lowest BCUT2D eigenvalue weighted by molar-refractivity contribution is -0.122. The Morgan fingerprint density at radius 2 is 2.11 bits per heavy atom. The standard InChI is InChI=1S/C14H21N3O2/c1-3-8-15-14(18)13-9-12(16-17-13)10-4-6-11(19-2)7-5-10/h4-7,12-13,16-17H,3,8-9H2,1-2H3,(H,15,18). The molecule has 2 unspecified atom stereocenters. The second-order valence-electron chi connectivity index (χ2n) is 4.69. The van der Waals surface area contributed by atoms with Crippen LogP contribution in [0.4, 0.5) is 0 Å². The predicted octanol–water partition coefficient (Wildman–Crippen LogP) is 1.13. The molecule has 1 aromatic carbocycles. The van der Waals surface area contributed by atoms with Gasteiger partial charge in [0, 0.05) is 12.6 Å². The maximum absolute atomic E-state index is 11.8. The first-order chi connectivity index (χ1) is 9.24. The number of methoxy groups -OCH3 is 1. The first kappa shape index (κ1) is 13.8. The Bertz CT molecular complexity index is 419. The molecule has 0 aliphatic carbocycles. The normalized spacial score (nSPS) is 22.2. The lowest BCUT2D eigenvalue weighted by Gasteiger charge is -2.10. The summed E-state index contributed by atoms with van der Waals surface area (Å²) < 4.78 is 5.14. The number of amides is 1. The second-order valence-corrected chi connectivity index (χ2v) is 4.69. The van der Waals surface area contributed by atoms with Crippen LogP contribution in [0, 0.1) is 0 Å². The van der Waals surface area contributed by atoms with Gasteiger partial charge in [0.1, 0.15) is 11.8 Å². The lowest BCUT2D eigenvalue weighted by Crippen LogP contribution is -2.43. The fourth-order valence-corrected chi connectivity index (χ4v) is 2.15. The van der Waals surface area contributed by atoms with Gasteiger partial charge < -0.3 is 10.1 Å². The summed E-state index contributed by atoms with van der Waals surface area (Å²) in [4.78, 5) is 11.8. The molecule has 5 heteroatoms. The van der Waals surface area contributed by atoms with Crippen molar-refractivity contribution in [2.24, 2.45) is 0 Å². The minimum Gasteiger partial charge on any atom is -0.497 e.